The predicted octanol–water partition coefficient (Wildman–Crippen LogP) is 5.50. The minimum Gasteiger partial charge on any atom is -0.0912 e. The smallest absolute Gasteiger partial charge is 0.00383 e. The van der Waals surface area contributed by atoms with Gasteiger partial charge in [-0.1, -0.05) is 60.2 Å². The number of rotatable bonds is 2. The first-order valence-electron chi connectivity index (χ1n) is 9.65. The van der Waals surface area contributed by atoms with Crippen molar-refractivity contribution in [1.82, 2.24) is 0 Å². The molecule has 0 nitrogen and oxygen atoms in total. The Labute approximate surface area is 163 Å². The third-order valence-electron chi connectivity index (χ3n) is 5.71. The fourth-order valence-electron chi connectivity index (χ4n) is 3.94. The maximum absolute atomic E-state index is 4.22. The summed E-state index contributed by atoms with van der Waals surface area (Å²) < 4.78 is 0. The van der Waals surface area contributed by atoms with Gasteiger partial charge in [-0.25, -0.2) is 0 Å². The third kappa shape index (κ3) is 3.76. The van der Waals surface area contributed by atoms with E-state index in [4.69, 9.17) is 0 Å². The van der Waals surface area contributed by atoms with Gasteiger partial charge in [-0.2, -0.15) is 0 Å². The molecule has 3 aromatic rings. The van der Waals surface area contributed by atoms with E-state index in [1.807, 2.05) is 0 Å². The van der Waals surface area contributed by atoms with Crippen molar-refractivity contribution < 1.29 is 0 Å². The highest BCUT2D eigenvalue weighted by molar-refractivity contribution is 5.81. The molecule has 3 rings (SSSR count). The Balaban J connectivity index is 2.49. The molecule has 0 heterocycles. The molecule has 0 saturated carbocycles. The molecule has 0 N–H and O–H groups in total. The second kappa shape index (κ2) is 7.19. The maximum Gasteiger partial charge on any atom is -0.00383 e. The quantitative estimate of drug-likeness (QED) is 0.570. The fourth-order valence-corrected chi connectivity index (χ4v) is 3.94. The molecule has 0 radical (unpaired) electrons. The van der Waals surface area contributed by atoms with Crippen molar-refractivity contribution in [2.24, 2.45) is 0 Å². The Morgan fingerprint density at radius 2 is 1.00 bits per heavy atom. The van der Waals surface area contributed by atoms with Crippen molar-refractivity contribution in [3.05, 3.63) is 103 Å². The van der Waals surface area contributed by atoms with Gasteiger partial charge in [0.25, 0.3) is 0 Å². The molecule has 0 spiro atoms. The Morgan fingerprint density at radius 3 is 1.48 bits per heavy atom. The van der Waals surface area contributed by atoms with Gasteiger partial charge in [-0.3, -0.25) is 0 Å². The topological polar surface area (TPSA) is 0 Å². The van der Waals surface area contributed by atoms with Crippen LogP contribution in [0.25, 0.3) is 12.2 Å². The lowest BCUT2D eigenvalue weighted by atomic mass is 9.89. The molecule has 0 aliphatic carbocycles. The molecule has 0 unspecified atom stereocenters. The Morgan fingerprint density at radius 1 is 0.556 bits per heavy atom. The van der Waals surface area contributed by atoms with E-state index < -0.39 is 0 Å². The van der Waals surface area contributed by atoms with Crippen LogP contribution in [0.3, 0.4) is 0 Å². The van der Waals surface area contributed by atoms with Crippen LogP contribution in [0.5, 0.6) is 0 Å². The largest absolute Gasteiger partial charge is 0.0912 e. The molecule has 0 aliphatic rings. The molecule has 0 bridgehead atoms. The van der Waals surface area contributed by atoms with E-state index >= 15 is 0 Å². The summed E-state index contributed by atoms with van der Waals surface area (Å²) in [7, 11) is 0. The molecule has 0 amide bonds. The average Bonchev–Trinajstić information content (AvgIpc) is 2.56. The van der Waals surface area contributed by atoms with E-state index in [0.29, 0.717) is 0 Å². The van der Waals surface area contributed by atoms with Crippen LogP contribution in [0, 0.1) is 48.5 Å². The highest BCUT2D eigenvalue weighted by Crippen LogP contribution is 2.27. The van der Waals surface area contributed by atoms with E-state index in [-0.39, 0.29) is 0 Å². The number of aryl methyl sites for hydroxylation is 6. The van der Waals surface area contributed by atoms with Crippen molar-refractivity contribution in [1.29, 1.82) is 0 Å². The van der Waals surface area contributed by atoms with Crippen molar-refractivity contribution in [2.75, 3.05) is 0 Å². The molecule has 138 valence electrons. The van der Waals surface area contributed by atoms with E-state index in [0.717, 1.165) is 5.22 Å². The van der Waals surface area contributed by atoms with Crippen molar-refractivity contribution in [2.45, 2.75) is 48.5 Å². The number of benzene rings is 3. The summed E-state index contributed by atoms with van der Waals surface area (Å²) in [5.41, 5.74) is 13.0. The van der Waals surface area contributed by atoms with Crippen LogP contribution in [0.4, 0.5) is 0 Å². The zero-order valence-corrected chi connectivity index (χ0v) is 17.7. The molecule has 0 atom stereocenters. The van der Waals surface area contributed by atoms with Crippen LogP contribution in [0.2, 0.25) is 0 Å². The first-order chi connectivity index (χ1) is 12.7. The SMILES string of the molecule is C=c1c(C)cc(=C(c2cc(C)cc(C)c2)c2cc(C)c(C)c(C)c2)cc1C. The first-order valence-corrected chi connectivity index (χ1v) is 9.65. The summed E-state index contributed by atoms with van der Waals surface area (Å²) in [6.45, 7) is 19.5. The Hall–Kier alpha value is -2.60. The van der Waals surface area contributed by atoms with Gasteiger partial charge in [0.15, 0.2) is 0 Å². The second-order valence-corrected chi connectivity index (χ2v) is 8.08. The normalized spacial score (nSPS) is 10.9. The van der Waals surface area contributed by atoms with Crippen LogP contribution >= 0.6 is 0 Å². The van der Waals surface area contributed by atoms with Gasteiger partial charge in [0.2, 0.25) is 0 Å². The van der Waals surface area contributed by atoms with Gasteiger partial charge in [0.1, 0.15) is 0 Å². The Bertz CT molecular complexity index is 1070. The summed E-state index contributed by atoms with van der Waals surface area (Å²) >= 11 is 0. The van der Waals surface area contributed by atoms with E-state index in [1.54, 1.807) is 0 Å². The van der Waals surface area contributed by atoms with Crippen LogP contribution < -0.4 is 10.4 Å². The molecule has 0 saturated heterocycles. The van der Waals surface area contributed by atoms with Gasteiger partial charge in [0, 0.05) is 0 Å². The van der Waals surface area contributed by atoms with Crippen LogP contribution in [-0.4, -0.2) is 0 Å². The van der Waals surface area contributed by atoms with Crippen molar-refractivity contribution >= 4 is 12.2 Å². The molecule has 0 heteroatoms. The summed E-state index contributed by atoms with van der Waals surface area (Å²) in [5, 5.41) is 2.40. The zero-order valence-electron chi connectivity index (χ0n) is 17.7. The maximum atomic E-state index is 4.22. The summed E-state index contributed by atoms with van der Waals surface area (Å²) in [4.78, 5) is 0. The monoisotopic (exact) mass is 354 g/mol. The first kappa shape index (κ1) is 19.2. The molecule has 0 aliphatic heterocycles. The van der Waals surface area contributed by atoms with E-state index in [9.17, 15) is 0 Å². The van der Waals surface area contributed by atoms with Gasteiger partial charge in [0.05, 0.1) is 0 Å². The van der Waals surface area contributed by atoms with E-state index in [1.165, 1.54) is 60.9 Å². The second-order valence-electron chi connectivity index (χ2n) is 8.08. The number of hydrogen-bond acceptors (Lipinski definition) is 0. The van der Waals surface area contributed by atoms with Gasteiger partial charge in [-0.05, 0) is 103 Å². The standard InChI is InChI=1S/C27H30/c1-16-9-17(2)11-24(10-16)27(25-12-18(3)22(7)19(4)13-25)26-14-20(5)23(8)21(6)15-26/h9-15H,7H2,1-6,8H3. The van der Waals surface area contributed by atoms with Gasteiger partial charge >= 0.3 is 0 Å². The minimum atomic E-state index is 1.13. The summed E-state index contributed by atoms with van der Waals surface area (Å²) in [6.07, 6.45) is 0. The highest BCUT2D eigenvalue weighted by atomic mass is 14.2. The molecule has 0 fully saturated rings. The lowest BCUT2D eigenvalue weighted by Crippen LogP contribution is -2.18. The summed E-state index contributed by atoms with van der Waals surface area (Å²) in [6, 6.07) is 16.1. The lowest BCUT2D eigenvalue weighted by Gasteiger charge is -2.15. The van der Waals surface area contributed by atoms with Crippen molar-refractivity contribution in [3.63, 3.8) is 0 Å². The summed E-state index contributed by atoms with van der Waals surface area (Å²) in [5.74, 6) is 0. The molecule has 3 aromatic carbocycles. The predicted molar refractivity (Wildman–Crippen MR) is 119 cm³/mol. The van der Waals surface area contributed by atoms with E-state index in [2.05, 4.69) is 97.5 Å². The van der Waals surface area contributed by atoms with Crippen LogP contribution in [0.1, 0.15) is 50.1 Å². The molecule has 27 heavy (non-hydrogen) atoms. The lowest BCUT2D eigenvalue weighted by molar-refractivity contribution is 1.25. The van der Waals surface area contributed by atoms with Gasteiger partial charge < -0.3 is 0 Å². The van der Waals surface area contributed by atoms with Gasteiger partial charge in [-0.15, -0.1) is 0 Å². The minimum absolute atomic E-state index is 1.13. The molecular weight excluding hydrogens is 324 g/mol. The zero-order chi connectivity index (χ0) is 19.9. The average molecular weight is 355 g/mol. The molecular formula is C27H30. The third-order valence-corrected chi connectivity index (χ3v) is 5.71. The van der Waals surface area contributed by atoms with Crippen LogP contribution in [-0.2, 0) is 0 Å². The van der Waals surface area contributed by atoms with Crippen LogP contribution in [0.15, 0.2) is 42.5 Å². The van der Waals surface area contributed by atoms with Crippen molar-refractivity contribution in [3.8, 4) is 0 Å². The fraction of sp³-hybridized carbons (Fsp3) is 0.259. The number of hydrogen-bond donors (Lipinski definition) is 0. The highest BCUT2D eigenvalue weighted by Gasteiger charge is 2.11. The Kier molecular flexibility index (Phi) is 5.11. The molecule has 0 aromatic heterocycles.